The number of hydrogen-bond acceptors (Lipinski definition) is 4. The predicted molar refractivity (Wildman–Crippen MR) is 77.4 cm³/mol. The van der Waals surface area contributed by atoms with Gasteiger partial charge < -0.3 is 9.88 Å². The molecule has 0 radical (unpaired) electrons. The van der Waals surface area contributed by atoms with E-state index in [1.165, 1.54) is 18.6 Å². The van der Waals surface area contributed by atoms with Crippen LogP contribution in [0.1, 0.15) is 33.1 Å². The van der Waals surface area contributed by atoms with Gasteiger partial charge in [-0.25, -0.2) is 4.98 Å². The standard InChI is InChI=1S/C13H21N3OS/c1-3-7-16-8-6-14-11(12(16)17)15-10-13(2)5-4-9-18-13/h6,8H,3-5,7,9-10H2,1-2H3,(H,14,15). The van der Waals surface area contributed by atoms with E-state index in [2.05, 4.69) is 24.1 Å². The van der Waals surface area contributed by atoms with Crippen molar-refractivity contribution in [3.8, 4) is 0 Å². The van der Waals surface area contributed by atoms with E-state index >= 15 is 0 Å². The lowest BCUT2D eigenvalue weighted by molar-refractivity contribution is 0.626. The van der Waals surface area contributed by atoms with Crippen molar-refractivity contribution in [1.29, 1.82) is 0 Å². The van der Waals surface area contributed by atoms with Crippen LogP contribution in [0.4, 0.5) is 5.82 Å². The summed E-state index contributed by atoms with van der Waals surface area (Å²) in [4.78, 5) is 16.3. The Balaban J connectivity index is 2.05. The minimum atomic E-state index is -0.00838. The first-order valence-electron chi connectivity index (χ1n) is 6.58. The SMILES string of the molecule is CCCn1ccnc(NCC2(C)CCCS2)c1=O. The van der Waals surface area contributed by atoms with Crippen molar-refractivity contribution in [2.45, 2.75) is 44.4 Å². The smallest absolute Gasteiger partial charge is 0.293 e. The van der Waals surface area contributed by atoms with Gasteiger partial charge in [-0.3, -0.25) is 4.79 Å². The molecule has 1 aromatic heterocycles. The fraction of sp³-hybridized carbons (Fsp3) is 0.692. The van der Waals surface area contributed by atoms with Gasteiger partial charge in [-0.1, -0.05) is 6.92 Å². The fourth-order valence-electron chi connectivity index (χ4n) is 2.23. The van der Waals surface area contributed by atoms with Crippen LogP contribution >= 0.6 is 11.8 Å². The maximum Gasteiger partial charge on any atom is 0.293 e. The minimum Gasteiger partial charge on any atom is -0.364 e. The van der Waals surface area contributed by atoms with Crippen molar-refractivity contribution in [2.24, 2.45) is 0 Å². The van der Waals surface area contributed by atoms with Crippen molar-refractivity contribution in [1.82, 2.24) is 9.55 Å². The van der Waals surface area contributed by atoms with Crippen LogP contribution < -0.4 is 10.9 Å². The summed E-state index contributed by atoms with van der Waals surface area (Å²) >= 11 is 1.99. The average molecular weight is 267 g/mol. The third-order valence-corrected chi connectivity index (χ3v) is 4.85. The molecule has 4 nitrogen and oxygen atoms in total. The van der Waals surface area contributed by atoms with Crippen LogP contribution in [0, 0.1) is 0 Å². The predicted octanol–water partition coefficient (Wildman–Crippen LogP) is 2.35. The summed E-state index contributed by atoms with van der Waals surface area (Å²) in [5.74, 6) is 1.71. The lowest BCUT2D eigenvalue weighted by atomic mass is 10.1. The zero-order chi connectivity index (χ0) is 13.0. The Morgan fingerprint density at radius 3 is 3.11 bits per heavy atom. The van der Waals surface area contributed by atoms with Crippen LogP contribution in [0.5, 0.6) is 0 Å². The summed E-state index contributed by atoms with van der Waals surface area (Å²) in [7, 11) is 0. The lowest BCUT2D eigenvalue weighted by Gasteiger charge is -2.23. The van der Waals surface area contributed by atoms with Crippen molar-refractivity contribution < 1.29 is 0 Å². The maximum absolute atomic E-state index is 12.1. The second kappa shape index (κ2) is 5.78. The zero-order valence-electron chi connectivity index (χ0n) is 11.1. The number of hydrogen-bond donors (Lipinski definition) is 1. The second-order valence-electron chi connectivity index (χ2n) is 5.03. The van der Waals surface area contributed by atoms with Crippen LogP contribution in [0.15, 0.2) is 17.2 Å². The van der Waals surface area contributed by atoms with Gasteiger partial charge in [-0.15, -0.1) is 0 Å². The van der Waals surface area contributed by atoms with E-state index in [0.717, 1.165) is 19.5 Å². The molecule has 0 bridgehead atoms. The summed E-state index contributed by atoms with van der Waals surface area (Å²) in [5.41, 5.74) is -0.00838. The molecule has 0 aromatic carbocycles. The second-order valence-corrected chi connectivity index (χ2v) is 6.71. The van der Waals surface area contributed by atoms with Gasteiger partial charge in [0.25, 0.3) is 5.56 Å². The highest BCUT2D eigenvalue weighted by Gasteiger charge is 2.29. The number of aryl methyl sites for hydroxylation is 1. The van der Waals surface area contributed by atoms with Crippen LogP contribution in [-0.4, -0.2) is 26.6 Å². The molecule has 1 aliphatic rings. The molecule has 0 spiro atoms. The summed E-state index contributed by atoms with van der Waals surface area (Å²) in [6, 6.07) is 0. The van der Waals surface area contributed by atoms with E-state index in [4.69, 9.17) is 0 Å². The molecule has 1 aliphatic heterocycles. The van der Waals surface area contributed by atoms with Gasteiger partial charge in [0, 0.05) is 30.2 Å². The summed E-state index contributed by atoms with van der Waals surface area (Å²) in [6.45, 7) is 5.89. The summed E-state index contributed by atoms with van der Waals surface area (Å²) < 4.78 is 1.97. The number of nitrogens with zero attached hydrogens (tertiary/aromatic N) is 2. The van der Waals surface area contributed by atoms with Crippen molar-refractivity contribution in [3.63, 3.8) is 0 Å². The molecule has 0 aliphatic carbocycles. The molecule has 1 unspecified atom stereocenters. The highest BCUT2D eigenvalue weighted by Crippen LogP contribution is 2.37. The van der Waals surface area contributed by atoms with Crippen LogP contribution in [-0.2, 0) is 6.54 Å². The highest BCUT2D eigenvalue weighted by molar-refractivity contribution is 8.00. The molecule has 5 heteroatoms. The number of nitrogens with one attached hydrogen (secondary N) is 1. The lowest BCUT2D eigenvalue weighted by Crippen LogP contribution is -2.31. The molecule has 18 heavy (non-hydrogen) atoms. The van der Waals surface area contributed by atoms with E-state index in [9.17, 15) is 4.79 Å². The van der Waals surface area contributed by atoms with Gasteiger partial charge in [0.15, 0.2) is 5.82 Å². The van der Waals surface area contributed by atoms with E-state index in [-0.39, 0.29) is 10.3 Å². The Hall–Kier alpha value is -0.970. The first-order chi connectivity index (χ1) is 8.64. The van der Waals surface area contributed by atoms with Crippen molar-refractivity contribution >= 4 is 17.6 Å². The molecule has 2 rings (SSSR count). The molecular weight excluding hydrogens is 246 g/mol. The quantitative estimate of drug-likeness (QED) is 0.889. The maximum atomic E-state index is 12.1. The molecule has 0 amide bonds. The first kappa shape index (κ1) is 13.5. The fourth-order valence-corrected chi connectivity index (χ4v) is 3.48. The van der Waals surface area contributed by atoms with Crippen LogP contribution in [0.3, 0.4) is 0 Å². The molecule has 1 atom stereocenters. The zero-order valence-corrected chi connectivity index (χ0v) is 11.9. The Labute approximate surface area is 112 Å². The normalized spacial score (nSPS) is 23.2. The topological polar surface area (TPSA) is 46.9 Å². The largest absolute Gasteiger partial charge is 0.364 e. The van der Waals surface area contributed by atoms with Gasteiger partial charge in [-0.05, 0) is 31.9 Å². The van der Waals surface area contributed by atoms with Crippen molar-refractivity contribution in [3.05, 3.63) is 22.7 Å². The Morgan fingerprint density at radius 1 is 1.61 bits per heavy atom. The molecule has 2 heterocycles. The Bertz CT molecular complexity index is 452. The monoisotopic (exact) mass is 267 g/mol. The third-order valence-electron chi connectivity index (χ3n) is 3.31. The van der Waals surface area contributed by atoms with Gasteiger partial charge in [0.05, 0.1) is 0 Å². The van der Waals surface area contributed by atoms with Crippen LogP contribution in [0.25, 0.3) is 0 Å². The van der Waals surface area contributed by atoms with Gasteiger partial charge in [0.1, 0.15) is 0 Å². The van der Waals surface area contributed by atoms with E-state index < -0.39 is 0 Å². The van der Waals surface area contributed by atoms with Crippen molar-refractivity contribution in [2.75, 3.05) is 17.6 Å². The number of anilines is 1. The van der Waals surface area contributed by atoms with E-state index in [0.29, 0.717) is 5.82 Å². The van der Waals surface area contributed by atoms with Gasteiger partial charge >= 0.3 is 0 Å². The summed E-state index contributed by atoms with van der Waals surface area (Å²) in [5, 5.41) is 3.23. The molecule has 1 saturated heterocycles. The van der Waals surface area contributed by atoms with E-state index in [1.807, 2.05) is 11.8 Å². The number of rotatable bonds is 5. The molecule has 1 fully saturated rings. The molecular formula is C13H21N3OS. The number of aromatic nitrogens is 2. The Kier molecular flexibility index (Phi) is 4.32. The summed E-state index contributed by atoms with van der Waals surface area (Å²) in [6.07, 6.45) is 6.88. The highest BCUT2D eigenvalue weighted by atomic mass is 32.2. The first-order valence-corrected chi connectivity index (χ1v) is 7.56. The molecule has 0 saturated carbocycles. The minimum absolute atomic E-state index is 0.00838. The van der Waals surface area contributed by atoms with Gasteiger partial charge in [-0.2, -0.15) is 11.8 Å². The molecule has 1 aromatic rings. The molecule has 1 N–H and O–H groups in total. The number of thioether (sulfide) groups is 1. The van der Waals surface area contributed by atoms with Crippen LogP contribution in [0.2, 0.25) is 0 Å². The third kappa shape index (κ3) is 3.07. The van der Waals surface area contributed by atoms with Gasteiger partial charge in [0.2, 0.25) is 0 Å². The Morgan fingerprint density at radius 2 is 2.44 bits per heavy atom. The molecule has 100 valence electrons. The van der Waals surface area contributed by atoms with E-state index in [1.54, 1.807) is 17.0 Å². The average Bonchev–Trinajstić information content (AvgIpc) is 2.78.